The van der Waals surface area contributed by atoms with Gasteiger partial charge >= 0.3 is 0 Å². The molecule has 2 fully saturated rings. The molecule has 28 heavy (non-hydrogen) atoms. The predicted octanol–water partition coefficient (Wildman–Crippen LogP) is 2.08. The molecular formula is C22H27N3O3. The van der Waals surface area contributed by atoms with Crippen LogP contribution in [-0.2, 0) is 17.9 Å². The second-order valence-corrected chi connectivity index (χ2v) is 7.76. The van der Waals surface area contributed by atoms with Crippen LogP contribution in [-0.4, -0.2) is 58.6 Å². The lowest BCUT2D eigenvalue weighted by atomic mass is 9.85. The van der Waals surface area contributed by atoms with Crippen LogP contribution < -0.4 is 4.74 Å². The third-order valence-electron chi connectivity index (χ3n) is 5.78. The molecule has 3 heterocycles. The number of hydrogen-bond acceptors (Lipinski definition) is 5. The maximum Gasteiger partial charge on any atom is 0.230 e. The topological polar surface area (TPSA) is 65.9 Å². The van der Waals surface area contributed by atoms with Crippen LogP contribution in [0.2, 0.25) is 0 Å². The van der Waals surface area contributed by atoms with Gasteiger partial charge in [-0.2, -0.15) is 0 Å². The molecule has 4 rings (SSSR count). The molecule has 0 aliphatic carbocycles. The quantitative estimate of drug-likeness (QED) is 0.795. The van der Waals surface area contributed by atoms with Gasteiger partial charge in [-0.1, -0.05) is 18.2 Å². The summed E-state index contributed by atoms with van der Waals surface area (Å²) in [6, 6.07) is 13.8. The van der Waals surface area contributed by atoms with Gasteiger partial charge in [0.1, 0.15) is 12.4 Å². The van der Waals surface area contributed by atoms with Gasteiger partial charge in [0.25, 0.3) is 0 Å². The highest BCUT2D eigenvalue weighted by atomic mass is 16.5. The zero-order valence-corrected chi connectivity index (χ0v) is 16.1. The van der Waals surface area contributed by atoms with Crippen molar-refractivity contribution in [2.75, 3.05) is 32.8 Å². The lowest BCUT2D eigenvalue weighted by molar-refractivity contribution is -0.136. The predicted molar refractivity (Wildman–Crippen MR) is 106 cm³/mol. The third-order valence-corrected chi connectivity index (χ3v) is 5.78. The molecule has 6 nitrogen and oxygen atoms in total. The highest BCUT2D eigenvalue weighted by molar-refractivity contribution is 5.85. The number of aromatic nitrogens is 1. The number of aliphatic hydroxyl groups excluding tert-OH is 1. The average Bonchev–Trinajstić information content (AvgIpc) is 3.26. The lowest BCUT2D eigenvalue weighted by Gasteiger charge is -2.24. The molecule has 2 aromatic rings. The first-order valence-electron chi connectivity index (χ1n) is 9.93. The van der Waals surface area contributed by atoms with E-state index in [1.54, 1.807) is 6.20 Å². The van der Waals surface area contributed by atoms with Crippen molar-refractivity contribution in [3.05, 3.63) is 59.9 Å². The average molecular weight is 381 g/mol. The highest BCUT2D eigenvalue weighted by Crippen LogP contribution is 2.41. The SMILES string of the molecule is O=C1N(Cc2ccccn2)CCC12CCN(Cc1cccc(OCCO)c1)C2. The molecule has 2 aliphatic rings. The summed E-state index contributed by atoms with van der Waals surface area (Å²) in [6.07, 6.45) is 3.63. The fourth-order valence-electron chi connectivity index (χ4n) is 4.36. The number of aliphatic hydroxyl groups is 1. The van der Waals surface area contributed by atoms with E-state index < -0.39 is 0 Å². The molecule has 1 amide bonds. The van der Waals surface area contributed by atoms with E-state index in [0.717, 1.165) is 50.5 Å². The summed E-state index contributed by atoms with van der Waals surface area (Å²) in [5, 5.41) is 8.91. The van der Waals surface area contributed by atoms with Crippen molar-refractivity contribution in [1.82, 2.24) is 14.8 Å². The van der Waals surface area contributed by atoms with Gasteiger partial charge in [0.15, 0.2) is 0 Å². The highest BCUT2D eigenvalue weighted by Gasteiger charge is 2.50. The van der Waals surface area contributed by atoms with Crippen LogP contribution in [0.5, 0.6) is 5.75 Å². The van der Waals surface area contributed by atoms with Gasteiger partial charge in [-0.05, 0) is 49.2 Å². The van der Waals surface area contributed by atoms with Crippen LogP contribution in [0.15, 0.2) is 48.7 Å². The maximum atomic E-state index is 13.1. The molecule has 1 atom stereocenters. The van der Waals surface area contributed by atoms with E-state index in [1.165, 1.54) is 5.56 Å². The van der Waals surface area contributed by atoms with E-state index in [1.807, 2.05) is 41.3 Å². The van der Waals surface area contributed by atoms with E-state index in [2.05, 4.69) is 16.0 Å². The van der Waals surface area contributed by atoms with E-state index in [4.69, 9.17) is 9.84 Å². The van der Waals surface area contributed by atoms with Gasteiger partial charge in [0.05, 0.1) is 24.3 Å². The molecule has 1 aromatic carbocycles. The Morgan fingerprint density at radius 3 is 2.82 bits per heavy atom. The number of nitrogens with zero attached hydrogens (tertiary/aromatic N) is 3. The normalized spacial score (nSPS) is 22.3. The number of carbonyl (C=O) groups excluding carboxylic acids is 1. The molecule has 1 N–H and O–H groups in total. The van der Waals surface area contributed by atoms with Crippen molar-refractivity contribution < 1.29 is 14.6 Å². The summed E-state index contributed by atoms with van der Waals surface area (Å²) in [7, 11) is 0. The fourth-order valence-corrected chi connectivity index (χ4v) is 4.36. The van der Waals surface area contributed by atoms with E-state index in [9.17, 15) is 4.79 Å². The smallest absolute Gasteiger partial charge is 0.230 e. The van der Waals surface area contributed by atoms with Gasteiger partial charge in [-0.25, -0.2) is 0 Å². The van der Waals surface area contributed by atoms with Gasteiger partial charge in [0.2, 0.25) is 5.91 Å². The van der Waals surface area contributed by atoms with Crippen molar-refractivity contribution in [3.63, 3.8) is 0 Å². The molecule has 6 heteroatoms. The summed E-state index contributed by atoms with van der Waals surface area (Å²) in [6.45, 7) is 4.29. The van der Waals surface area contributed by atoms with Gasteiger partial charge in [-0.3, -0.25) is 14.7 Å². The van der Waals surface area contributed by atoms with Gasteiger partial charge < -0.3 is 14.7 Å². The number of amides is 1. The number of hydrogen-bond donors (Lipinski definition) is 1. The minimum atomic E-state index is -0.236. The molecule has 1 spiro atoms. The lowest BCUT2D eigenvalue weighted by Crippen LogP contribution is -2.36. The molecule has 2 aliphatic heterocycles. The first-order valence-corrected chi connectivity index (χ1v) is 9.93. The Hall–Kier alpha value is -2.44. The zero-order valence-electron chi connectivity index (χ0n) is 16.1. The van der Waals surface area contributed by atoms with Crippen LogP contribution in [0.25, 0.3) is 0 Å². The van der Waals surface area contributed by atoms with Crippen molar-refractivity contribution in [2.24, 2.45) is 5.41 Å². The van der Waals surface area contributed by atoms with Gasteiger partial charge in [-0.15, -0.1) is 0 Å². The monoisotopic (exact) mass is 381 g/mol. The Kier molecular flexibility index (Phi) is 5.59. The summed E-state index contributed by atoms with van der Waals surface area (Å²) in [5.74, 6) is 1.06. The molecule has 0 radical (unpaired) electrons. The number of benzene rings is 1. The first-order chi connectivity index (χ1) is 13.7. The van der Waals surface area contributed by atoms with Crippen LogP contribution in [0.4, 0.5) is 0 Å². The Morgan fingerprint density at radius 1 is 1.11 bits per heavy atom. The molecule has 0 saturated carbocycles. The summed E-state index contributed by atoms with van der Waals surface area (Å²) in [4.78, 5) is 21.8. The third kappa shape index (κ3) is 4.03. The number of ether oxygens (including phenoxy) is 1. The van der Waals surface area contributed by atoms with Crippen molar-refractivity contribution >= 4 is 5.91 Å². The summed E-state index contributed by atoms with van der Waals surface area (Å²) in [5.41, 5.74) is 1.88. The van der Waals surface area contributed by atoms with Gasteiger partial charge in [0, 0.05) is 25.8 Å². The van der Waals surface area contributed by atoms with E-state index in [-0.39, 0.29) is 17.9 Å². The second kappa shape index (κ2) is 8.29. The van der Waals surface area contributed by atoms with E-state index >= 15 is 0 Å². The largest absolute Gasteiger partial charge is 0.491 e. The van der Waals surface area contributed by atoms with E-state index in [0.29, 0.717) is 13.2 Å². The Labute approximate surface area is 165 Å². The Bertz CT molecular complexity index is 814. The van der Waals surface area contributed by atoms with Crippen molar-refractivity contribution in [1.29, 1.82) is 0 Å². The molecule has 1 unspecified atom stereocenters. The minimum Gasteiger partial charge on any atom is -0.491 e. The molecule has 2 saturated heterocycles. The molecule has 1 aromatic heterocycles. The number of rotatable bonds is 7. The number of pyridine rings is 1. The molecule has 148 valence electrons. The fraction of sp³-hybridized carbons (Fsp3) is 0.455. The summed E-state index contributed by atoms with van der Waals surface area (Å²) < 4.78 is 5.51. The molecule has 0 bridgehead atoms. The number of likely N-dealkylation sites (tertiary alicyclic amines) is 2. The Balaban J connectivity index is 1.36. The van der Waals surface area contributed by atoms with Crippen LogP contribution in [0, 0.1) is 5.41 Å². The van der Waals surface area contributed by atoms with Crippen molar-refractivity contribution in [3.8, 4) is 5.75 Å². The second-order valence-electron chi connectivity index (χ2n) is 7.76. The summed E-state index contributed by atoms with van der Waals surface area (Å²) >= 11 is 0. The number of carbonyl (C=O) groups is 1. The molecular weight excluding hydrogens is 354 g/mol. The van der Waals surface area contributed by atoms with Crippen molar-refractivity contribution in [2.45, 2.75) is 25.9 Å². The van der Waals surface area contributed by atoms with Crippen LogP contribution >= 0.6 is 0 Å². The Morgan fingerprint density at radius 2 is 2.00 bits per heavy atom. The first kappa shape index (κ1) is 18.9. The van der Waals surface area contributed by atoms with Crippen LogP contribution in [0.1, 0.15) is 24.1 Å². The standard InChI is InChI=1S/C22H27N3O3/c26-12-13-28-20-6-3-4-18(14-20)15-24-10-7-22(17-24)8-11-25(21(22)27)16-19-5-1-2-9-23-19/h1-6,9,14,26H,7-8,10-13,15-17H2. The van der Waals surface area contributed by atoms with Crippen LogP contribution in [0.3, 0.4) is 0 Å². The minimum absolute atomic E-state index is 0.00991. The maximum absolute atomic E-state index is 13.1. The zero-order chi connectivity index (χ0) is 19.4.